The van der Waals surface area contributed by atoms with Gasteiger partial charge in [-0.25, -0.2) is 9.59 Å². The molecule has 0 aliphatic rings. The Balaban J connectivity index is 2.07. The van der Waals surface area contributed by atoms with Crippen LogP contribution in [-0.2, 0) is 4.74 Å². The van der Waals surface area contributed by atoms with E-state index in [0.29, 0.717) is 17.1 Å². The van der Waals surface area contributed by atoms with E-state index in [0.717, 1.165) is 11.1 Å². The second kappa shape index (κ2) is 7.31. The van der Waals surface area contributed by atoms with Crippen molar-refractivity contribution in [2.45, 2.75) is 13.8 Å². The van der Waals surface area contributed by atoms with E-state index in [1.807, 2.05) is 25.1 Å². The van der Waals surface area contributed by atoms with Crippen LogP contribution in [0.15, 0.2) is 42.5 Å². The molecule has 0 saturated carbocycles. The van der Waals surface area contributed by atoms with E-state index in [-0.39, 0.29) is 0 Å². The number of methoxy groups -OCH3 is 1. The second-order valence-electron chi connectivity index (χ2n) is 4.98. The number of aryl methyl sites for hydroxylation is 2. The summed E-state index contributed by atoms with van der Waals surface area (Å²) in [6.45, 7) is 3.74. The largest absolute Gasteiger partial charge is 0.453 e. The summed E-state index contributed by atoms with van der Waals surface area (Å²) in [5, 5.41) is 5.17. The fourth-order valence-corrected chi connectivity index (χ4v) is 1.92. The number of amides is 2. The Kier molecular flexibility index (Phi) is 5.19. The molecule has 0 spiro atoms. The standard InChI is InChI=1S/C17H18N2O4/c1-11-5-4-6-13(9-11)19-17(21)23-15-10-14(8-7-12(15)2)18-16(20)22-3/h4-10H,1-3H3,(H,18,20)(H,19,21). The third-order valence-corrected chi connectivity index (χ3v) is 3.09. The summed E-state index contributed by atoms with van der Waals surface area (Å²) in [6.07, 6.45) is -1.20. The summed E-state index contributed by atoms with van der Waals surface area (Å²) in [6, 6.07) is 12.4. The van der Waals surface area contributed by atoms with E-state index in [1.165, 1.54) is 7.11 Å². The lowest BCUT2D eigenvalue weighted by Crippen LogP contribution is -2.17. The molecular weight excluding hydrogens is 296 g/mol. The van der Waals surface area contributed by atoms with Crippen LogP contribution in [0.2, 0.25) is 0 Å². The Hall–Kier alpha value is -3.02. The van der Waals surface area contributed by atoms with Gasteiger partial charge in [-0.1, -0.05) is 18.2 Å². The number of rotatable bonds is 3. The van der Waals surface area contributed by atoms with Crippen molar-refractivity contribution in [2.75, 3.05) is 17.7 Å². The maximum absolute atomic E-state index is 12.0. The number of hydrogen-bond donors (Lipinski definition) is 2. The molecule has 0 aromatic heterocycles. The maximum atomic E-state index is 12.0. The molecule has 2 amide bonds. The van der Waals surface area contributed by atoms with Crippen LogP contribution in [0.4, 0.5) is 21.0 Å². The number of carbonyl (C=O) groups excluding carboxylic acids is 2. The zero-order valence-electron chi connectivity index (χ0n) is 13.2. The third kappa shape index (κ3) is 4.74. The molecule has 6 nitrogen and oxygen atoms in total. The third-order valence-electron chi connectivity index (χ3n) is 3.09. The smallest absolute Gasteiger partial charge is 0.417 e. The van der Waals surface area contributed by atoms with Gasteiger partial charge in [0.05, 0.1) is 7.11 Å². The predicted octanol–water partition coefficient (Wildman–Crippen LogP) is 4.09. The first-order valence-corrected chi connectivity index (χ1v) is 6.99. The molecule has 120 valence electrons. The fourth-order valence-electron chi connectivity index (χ4n) is 1.92. The highest BCUT2D eigenvalue weighted by atomic mass is 16.6. The molecule has 0 atom stereocenters. The van der Waals surface area contributed by atoms with Gasteiger partial charge >= 0.3 is 12.2 Å². The summed E-state index contributed by atoms with van der Waals surface area (Å²) in [4.78, 5) is 23.2. The van der Waals surface area contributed by atoms with Gasteiger partial charge in [0.1, 0.15) is 5.75 Å². The monoisotopic (exact) mass is 314 g/mol. The van der Waals surface area contributed by atoms with Gasteiger partial charge in [-0.15, -0.1) is 0 Å². The summed E-state index contributed by atoms with van der Waals surface area (Å²) in [5.41, 5.74) is 2.92. The van der Waals surface area contributed by atoms with Crippen molar-refractivity contribution >= 4 is 23.6 Å². The van der Waals surface area contributed by atoms with Crippen molar-refractivity contribution in [1.29, 1.82) is 0 Å². The number of carbonyl (C=O) groups is 2. The Labute approximate surface area is 134 Å². The highest BCUT2D eigenvalue weighted by Gasteiger charge is 2.10. The lowest BCUT2D eigenvalue weighted by molar-refractivity contribution is 0.187. The fraction of sp³-hybridized carbons (Fsp3) is 0.176. The number of ether oxygens (including phenoxy) is 2. The Morgan fingerprint density at radius 2 is 1.61 bits per heavy atom. The predicted molar refractivity (Wildman–Crippen MR) is 88.0 cm³/mol. The lowest BCUT2D eigenvalue weighted by atomic mass is 10.2. The minimum Gasteiger partial charge on any atom is -0.453 e. The topological polar surface area (TPSA) is 76.7 Å². The highest BCUT2D eigenvalue weighted by Crippen LogP contribution is 2.23. The molecule has 0 aliphatic carbocycles. The maximum Gasteiger partial charge on any atom is 0.417 e. The molecule has 2 aromatic carbocycles. The minimum absolute atomic E-state index is 0.351. The van der Waals surface area contributed by atoms with E-state index >= 15 is 0 Å². The molecular formula is C17H18N2O4. The second-order valence-corrected chi connectivity index (χ2v) is 4.98. The van der Waals surface area contributed by atoms with Crippen LogP contribution in [0, 0.1) is 13.8 Å². The molecule has 2 aromatic rings. The number of anilines is 2. The molecule has 0 bridgehead atoms. The Bertz CT molecular complexity index is 728. The summed E-state index contributed by atoms with van der Waals surface area (Å²) in [5.74, 6) is 0.351. The van der Waals surface area contributed by atoms with Gasteiger partial charge in [0.2, 0.25) is 0 Å². The molecule has 0 heterocycles. The lowest BCUT2D eigenvalue weighted by Gasteiger charge is -2.11. The summed E-state index contributed by atoms with van der Waals surface area (Å²) < 4.78 is 9.83. The van der Waals surface area contributed by atoms with Gasteiger partial charge in [0.15, 0.2) is 0 Å². The molecule has 23 heavy (non-hydrogen) atoms. The molecule has 2 N–H and O–H groups in total. The molecule has 0 saturated heterocycles. The molecule has 0 radical (unpaired) electrons. The van der Waals surface area contributed by atoms with Crippen molar-refractivity contribution < 1.29 is 19.1 Å². The van der Waals surface area contributed by atoms with Crippen LogP contribution >= 0.6 is 0 Å². The highest BCUT2D eigenvalue weighted by molar-refractivity contribution is 5.88. The van der Waals surface area contributed by atoms with E-state index < -0.39 is 12.2 Å². The van der Waals surface area contributed by atoms with Crippen LogP contribution in [0.25, 0.3) is 0 Å². The van der Waals surface area contributed by atoms with Crippen molar-refractivity contribution in [2.24, 2.45) is 0 Å². The Morgan fingerprint density at radius 3 is 2.30 bits per heavy atom. The first-order valence-electron chi connectivity index (χ1n) is 6.99. The number of hydrogen-bond acceptors (Lipinski definition) is 4. The van der Waals surface area contributed by atoms with Crippen molar-refractivity contribution in [3.05, 3.63) is 53.6 Å². The summed E-state index contributed by atoms with van der Waals surface area (Å²) in [7, 11) is 1.27. The van der Waals surface area contributed by atoms with Crippen LogP contribution < -0.4 is 15.4 Å². The van der Waals surface area contributed by atoms with Gasteiger partial charge in [0, 0.05) is 17.4 Å². The van der Waals surface area contributed by atoms with Crippen LogP contribution in [0.5, 0.6) is 5.75 Å². The average Bonchev–Trinajstić information content (AvgIpc) is 2.50. The van der Waals surface area contributed by atoms with E-state index in [4.69, 9.17) is 4.74 Å². The summed E-state index contributed by atoms with van der Waals surface area (Å²) >= 11 is 0. The van der Waals surface area contributed by atoms with Gasteiger partial charge in [-0.05, 0) is 43.2 Å². The average molecular weight is 314 g/mol. The molecule has 6 heteroatoms. The van der Waals surface area contributed by atoms with Gasteiger partial charge in [-0.2, -0.15) is 0 Å². The SMILES string of the molecule is COC(=O)Nc1ccc(C)c(OC(=O)Nc2cccc(C)c2)c1. The molecule has 0 fully saturated rings. The molecule has 2 rings (SSSR count). The van der Waals surface area contributed by atoms with Crippen molar-refractivity contribution in [3.8, 4) is 5.75 Å². The zero-order chi connectivity index (χ0) is 16.8. The number of benzene rings is 2. The zero-order valence-corrected chi connectivity index (χ0v) is 13.2. The van der Waals surface area contributed by atoms with Gasteiger partial charge in [-0.3, -0.25) is 10.6 Å². The normalized spacial score (nSPS) is 9.87. The Morgan fingerprint density at radius 1 is 0.913 bits per heavy atom. The van der Waals surface area contributed by atoms with Crippen molar-refractivity contribution in [3.63, 3.8) is 0 Å². The van der Waals surface area contributed by atoms with Gasteiger partial charge < -0.3 is 9.47 Å². The van der Waals surface area contributed by atoms with Gasteiger partial charge in [0.25, 0.3) is 0 Å². The van der Waals surface area contributed by atoms with Crippen molar-refractivity contribution in [1.82, 2.24) is 0 Å². The first kappa shape index (κ1) is 16.4. The van der Waals surface area contributed by atoms with E-state index in [9.17, 15) is 9.59 Å². The van der Waals surface area contributed by atoms with E-state index in [2.05, 4.69) is 15.4 Å². The minimum atomic E-state index is -0.603. The first-order chi connectivity index (χ1) is 11.0. The molecule has 0 unspecified atom stereocenters. The quantitative estimate of drug-likeness (QED) is 0.894. The molecule has 0 aliphatic heterocycles. The van der Waals surface area contributed by atoms with Crippen LogP contribution in [0.1, 0.15) is 11.1 Å². The number of nitrogens with one attached hydrogen (secondary N) is 2. The van der Waals surface area contributed by atoms with E-state index in [1.54, 1.807) is 31.2 Å². The van der Waals surface area contributed by atoms with Crippen LogP contribution in [0.3, 0.4) is 0 Å². The van der Waals surface area contributed by atoms with Crippen LogP contribution in [-0.4, -0.2) is 19.3 Å².